The minimum atomic E-state index is -0.213. The van der Waals surface area contributed by atoms with Gasteiger partial charge in [0.05, 0.1) is 6.61 Å². The van der Waals surface area contributed by atoms with E-state index in [2.05, 4.69) is 0 Å². The highest BCUT2D eigenvalue weighted by Crippen LogP contribution is 2.45. The number of esters is 1. The summed E-state index contributed by atoms with van der Waals surface area (Å²) in [6.45, 7) is 3.22. The first-order valence-electron chi connectivity index (χ1n) is 10.8. The lowest BCUT2D eigenvalue weighted by atomic mass is 9.64. The van der Waals surface area contributed by atoms with E-state index in [4.69, 9.17) is 14.2 Å². The highest BCUT2D eigenvalue weighted by atomic mass is 16.7. The molecule has 0 radical (unpaired) electrons. The molecule has 2 aliphatic rings. The van der Waals surface area contributed by atoms with E-state index in [1.165, 1.54) is 0 Å². The third-order valence-electron chi connectivity index (χ3n) is 6.21. The van der Waals surface area contributed by atoms with E-state index in [0.29, 0.717) is 51.6 Å². The zero-order valence-electron chi connectivity index (χ0n) is 17.5. The molecule has 28 heavy (non-hydrogen) atoms. The molecule has 0 heterocycles. The minimum absolute atomic E-state index is 0.0266. The van der Waals surface area contributed by atoms with Crippen molar-refractivity contribution in [2.45, 2.75) is 71.1 Å². The van der Waals surface area contributed by atoms with Crippen LogP contribution in [0.5, 0.6) is 0 Å². The number of Topliss-reactive ketones (excluding diaryl/α,β-unsaturated/α-hetero) is 2. The molecule has 2 saturated carbocycles. The van der Waals surface area contributed by atoms with Gasteiger partial charge in [-0.2, -0.15) is 0 Å². The SMILES string of the molecule is CCOC(=O)C[C@H]1C(CCCCCCOCOC)C[C@@H]2CC(=O)CC[C@H]1C2=O. The van der Waals surface area contributed by atoms with Gasteiger partial charge in [-0.25, -0.2) is 0 Å². The number of hydrogen-bond acceptors (Lipinski definition) is 6. The van der Waals surface area contributed by atoms with Gasteiger partial charge in [-0.1, -0.05) is 25.7 Å². The summed E-state index contributed by atoms with van der Waals surface area (Å²) < 4.78 is 15.3. The zero-order valence-corrected chi connectivity index (χ0v) is 17.5. The van der Waals surface area contributed by atoms with Crippen molar-refractivity contribution < 1.29 is 28.6 Å². The second-order valence-corrected chi connectivity index (χ2v) is 8.17. The van der Waals surface area contributed by atoms with Crippen molar-refractivity contribution in [2.75, 3.05) is 27.1 Å². The molecule has 6 nitrogen and oxygen atoms in total. The standard InChI is InChI=1S/C22H36O6/c1-3-28-21(24)14-20-16(8-6-4-5-7-11-27-15-26-2)12-17-13-18(23)9-10-19(20)22(17)25/h16-17,19-20H,3-15H2,1-2H3/t16?,17-,19-,20+/m1/s1. The normalized spacial score (nSPS) is 27.5. The third-order valence-corrected chi connectivity index (χ3v) is 6.21. The van der Waals surface area contributed by atoms with Gasteiger partial charge in [0.1, 0.15) is 18.4 Å². The maximum Gasteiger partial charge on any atom is 0.306 e. The number of ketones is 2. The molecule has 2 bridgehead atoms. The number of carbonyl (C=O) groups is 3. The summed E-state index contributed by atoms with van der Waals surface area (Å²) in [6.07, 6.45) is 7.85. The summed E-state index contributed by atoms with van der Waals surface area (Å²) in [5.41, 5.74) is 0. The van der Waals surface area contributed by atoms with Crippen LogP contribution < -0.4 is 0 Å². The van der Waals surface area contributed by atoms with Gasteiger partial charge in [0.2, 0.25) is 0 Å². The highest BCUT2D eigenvalue weighted by molar-refractivity contribution is 5.92. The highest BCUT2D eigenvalue weighted by Gasteiger charge is 2.46. The lowest BCUT2D eigenvalue weighted by molar-refractivity contribution is -0.147. The first-order valence-corrected chi connectivity index (χ1v) is 10.8. The van der Waals surface area contributed by atoms with Crippen LogP contribution in [0.15, 0.2) is 0 Å². The first kappa shape index (κ1) is 23.0. The van der Waals surface area contributed by atoms with Gasteiger partial charge < -0.3 is 14.2 Å². The molecule has 6 heteroatoms. The lowest BCUT2D eigenvalue weighted by Crippen LogP contribution is -2.41. The van der Waals surface area contributed by atoms with Crippen LogP contribution in [0.4, 0.5) is 0 Å². The smallest absolute Gasteiger partial charge is 0.306 e. The Kier molecular flexibility index (Phi) is 10.1. The molecule has 0 saturated heterocycles. The Morgan fingerprint density at radius 3 is 2.68 bits per heavy atom. The minimum Gasteiger partial charge on any atom is -0.466 e. The maximum atomic E-state index is 12.8. The van der Waals surface area contributed by atoms with Crippen molar-refractivity contribution in [2.24, 2.45) is 23.7 Å². The van der Waals surface area contributed by atoms with Gasteiger partial charge >= 0.3 is 5.97 Å². The molecule has 2 aliphatic carbocycles. The molecular weight excluding hydrogens is 360 g/mol. The fraction of sp³-hybridized carbons (Fsp3) is 0.864. The lowest BCUT2D eigenvalue weighted by Gasteiger charge is -2.39. The van der Waals surface area contributed by atoms with E-state index in [1.54, 1.807) is 14.0 Å². The topological polar surface area (TPSA) is 78.9 Å². The molecule has 4 atom stereocenters. The van der Waals surface area contributed by atoms with Crippen LogP contribution in [-0.2, 0) is 28.6 Å². The van der Waals surface area contributed by atoms with Crippen molar-refractivity contribution in [3.05, 3.63) is 0 Å². The summed E-state index contributed by atoms with van der Waals surface area (Å²) in [7, 11) is 1.62. The fourth-order valence-electron chi connectivity index (χ4n) is 4.89. The molecule has 0 aromatic heterocycles. The summed E-state index contributed by atoms with van der Waals surface area (Å²) in [5, 5.41) is 0. The van der Waals surface area contributed by atoms with Crippen LogP contribution in [0.2, 0.25) is 0 Å². The number of carbonyl (C=O) groups excluding carboxylic acids is 3. The maximum absolute atomic E-state index is 12.8. The molecule has 0 aromatic carbocycles. The quantitative estimate of drug-likeness (QED) is 0.284. The van der Waals surface area contributed by atoms with Crippen LogP contribution in [-0.4, -0.2) is 44.7 Å². The van der Waals surface area contributed by atoms with E-state index < -0.39 is 0 Å². The van der Waals surface area contributed by atoms with E-state index in [0.717, 1.165) is 38.5 Å². The second-order valence-electron chi connectivity index (χ2n) is 8.17. The number of fused-ring (bicyclic) bond motifs is 2. The van der Waals surface area contributed by atoms with Gasteiger partial charge in [-0.05, 0) is 38.0 Å². The average Bonchev–Trinajstić information content (AvgIpc) is 2.75. The number of ether oxygens (including phenoxy) is 3. The summed E-state index contributed by atoms with van der Waals surface area (Å²) in [4.78, 5) is 37.0. The zero-order chi connectivity index (χ0) is 20.4. The van der Waals surface area contributed by atoms with Gasteiger partial charge in [0, 0.05) is 44.8 Å². The summed E-state index contributed by atoms with van der Waals surface area (Å²) in [5.74, 6) is 0.271. The Bertz CT molecular complexity index is 517. The predicted octanol–water partition coefficient (Wildman–Crippen LogP) is 3.70. The Morgan fingerprint density at radius 1 is 1.14 bits per heavy atom. The Hall–Kier alpha value is -1.27. The molecule has 0 N–H and O–H groups in total. The van der Waals surface area contributed by atoms with Crippen LogP contribution in [0, 0.1) is 23.7 Å². The van der Waals surface area contributed by atoms with Crippen molar-refractivity contribution in [3.63, 3.8) is 0 Å². The number of hydrogen-bond donors (Lipinski definition) is 0. The van der Waals surface area contributed by atoms with Gasteiger partial charge in [0.15, 0.2) is 0 Å². The number of rotatable bonds is 12. The number of methoxy groups -OCH3 is 1. The average molecular weight is 397 g/mol. The van der Waals surface area contributed by atoms with E-state index in [9.17, 15) is 14.4 Å². The summed E-state index contributed by atoms with van der Waals surface area (Å²) >= 11 is 0. The fourth-order valence-corrected chi connectivity index (χ4v) is 4.89. The van der Waals surface area contributed by atoms with E-state index in [1.807, 2.05) is 0 Å². The van der Waals surface area contributed by atoms with Crippen molar-refractivity contribution >= 4 is 17.5 Å². The molecule has 2 rings (SSSR count). The van der Waals surface area contributed by atoms with Crippen molar-refractivity contribution in [3.8, 4) is 0 Å². The molecule has 2 fully saturated rings. The van der Waals surface area contributed by atoms with Gasteiger partial charge in [-0.15, -0.1) is 0 Å². The van der Waals surface area contributed by atoms with Crippen molar-refractivity contribution in [1.82, 2.24) is 0 Å². The second kappa shape index (κ2) is 12.3. The molecule has 1 unspecified atom stereocenters. The Balaban J connectivity index is 1.89. The molecule has 160 valence electrons. The molecular formula is C22H36O6. The molecule has 0 aromatic rings. The predicted molar refractivity (Wildman–Crippen MR) is 105 cm³/mol. The van der Waals surface area contributed by atoms with Gasteiger partial charge in [0.25, 0.3) is 0 Å². The van der Waals surface area contributed by atoms with Crippen molar-refractivity contribution in [1.29, 1.82) is 0 Å². The van der Waals surface area contributed by atoms with Crippen LogP contribution >= 0.6 is 0 Å². The van der Waals surface area contributed by atoms with Crippen LogP contribution in [0.1, 0.15) is 71.1 Å². The van der Waals surface area contributed by atoms with Crippen LogP contribution in [0.25, 0.3) is 0 Å². The largest absolute Gasteiger partial charge is 0.466 e. The molecule has 0 aliphatic heterocycles. The monoisotopic (exact) mass is 396 g/mol. The van der Waals surface area contributed by atoms with E-state index in [-0.39, 0.29) is 35.3 Å². The summed E-state index contributed by atoms with van der Waals surface area (Å²) in [6, 6.07) is 0. The van der Waals surface area contributed by atoms with E-state index >= 15 is 0 Å². The van der Waals surface area contributed by atoms with Gasteiger partial charge in [-0.3, -0.25) is 14.4 Å². The first-order chi connectivity index (χ1) is 13.6. The number of unbranched alkanes of at least 4 members (excludes halogenated alkanes) is 3. The molecule has 0 amide bonds. The van der Waals surface area contributed by atoms with Crippen LogP contribution in [0.3, 0.4) is 0 Å². The molecule has 0 spiro atoms. The Labute approximate surface area is 168 Å². The third kappa shape index (κ3) is 6.96. The Morgan fingerprint density at radius 2 is 1.93 bits per heavy atom.